The van der Waals surface area contributed by atoms with Crippen LogP contribution in [0.1, 0.15) is 66.8 Å². The van der Waals surface area contributed by atoms with E-state index in [2.05, 4.69) is 39.8 Å². The van der Waals surface area contributed by atoms with Gasteiger partial charge in [0.25, 0.3) is 0 Å². The van der Waals surface area contributed by atoms with Gasteiger partial charge in [0.05, 0.1) is 18.2 Å². The van der Waals surface area contributed by atoms with Gasteiger partial charge in [-0.15, -0.1) is 11.3 Å². The van der Waals surface area contributed by atoms with Crippen LogP contribution in [0.3, 0.4) is 0 Å². The third-order valence-electron chi connectivity index (χ3n) is 4.05. The summed E-state index contributed by atoms with van der Waals surface area (Å²) in [6.07, 6.45) is 1.26. The first-order valence-electron chi connectivity index (χ1n) is 8.39. The van der Waals surface area contributed by atoms with Crippen LogP contribution >= 0.6 is 11.3 Å². The van der Waals surface area contributed by atoms with Crippen molar-refractivity contribution in [2.24, 2.45) is 0 Å². The molecule has 2 nitrogen and oxygen atoms in total. The number of benzene rings is 1. The van der Waals surface area contributed by atoms with E-state index in [-0.39, 0.29) is 5.92 Å². The molecule has 0 amide bonds. The van der Waals surface area contributed by atoms with Gasteiger partial charge in [-0.1, -0.05) is 33.8 Å². The number of alkyl halides is 1. The summed E-state index contributed by atoms with van der Waals surface area (Å²) < 4.78 is 18.5. The molecule has 1 aromatic heterocycles. The second-order valence-electron chi connectivity index (χ2n) is 6.50. The van der Waals surface area contributed by atoms with Crippen LogP contribution in [0.25, 0.3) is 11.1 Å². The lowest BCUT2D eigenvalue weighted by Gasteiger charge is -2.21. The van der Waals surface area contributed by atoms with Crippen LogP contribution in [0.4, 0.5) is 4.39 Å². The van der Waals surface area contributed by atoms with Crippen LogP contribution in [0.5, 0.6) is 5.75 Å². The third-order valence-corrected chi connectivity index (χ3v) is 4.89. The molecule has 2 rings (SSSR count). The molecule has 0 spiro atoms. The Hall–Kier alpha value is -1.68. The maximum atomic E-state index is 12.5. The Morgan fingerprint density at radius 2 is 1.92 bits per heavy atom. The fourth-order valence-electron chi connectivity index (χ4n) is 2.66. The van der Waals surface area contributed by atoms with Crippen LogP contribution in [-0.2, 0) is 0 Å². The van der Waals surface area contributed by atoms with Crippen molar-refractivity contribution in [3.8, 4) is 16.9 Å². The molecule has 1 aromatic carbocycles. The maximum Gasteiger partial charge on any atom is 0.160 e. The zero-order valence-corrected chi connectivity index (χ0v) is 15.6. The summed E-state index contributed by atoms with van der Waals surface area (Å²) in [6.45, 7) is 8.50. The van der Waals surface area contributed by atoms with E-state index in [1.54, 1.807) is 0 Å². The lowest BCUT2D eigenvalue weighted by molar-refractivity contribution is 0.112. The quantitative estimate of drug-likeness (QED) is 0.418. The van der Waals surface area contributed by atoms with Crippen LogP contribution in [0.2, 0.25) is 0 Å². The molecule has 4 heteroatoms. The van der Waals surface area contributed by atoms with Gasteiger partial charge < -0.3 is 4.74 Å². The molecular weight excluding hydrogens is 323 g/mol. The summed E-state index contributed by atoms with van der Waals surface area (Å²) in [6, 6.07) is 6.24. The first-order chi connectivity index (χ1) is 11.5. The van der Waals surface area contributed by atoms with E-state index >= 15 is 0 Å². The second kappa shape index (κ2) is 8.43. The third kappa shape index (κ3) is 4.04. The van der Waals surface area contributed by atoms with Gasteiger partial charge >= 0.3 is 0 Å². The number of ether oxygens (including phenoxy) is 1. The molecule has 0 saturated carbocycles. The lowest BCUT2D eigenvalue weighted by Crippen LogP contribution is -2.06. The zero-order valence-electron chi connectivity index (χ0n) is 14.8. The lowest BCUT2D eigenvalue weighted by atomic mass is 9.89. The van der Waals surface area contributed by atoms with Crippen LogP contribution in [-0.4, -0.2) is 19.6 Å². The van der Waals surface area contributed by atoms with Crippen molar-refractivity contribution >= 4 is 17.6 Å². The van der Waals surface area contributed by atoms with E-state index in [1.807, 2.05) is 11.4 Å². The Kier molecular flexibility index (Phi) is 6.55. The van der Waals surface area contributed by atoms with Gasteiger partial charge in [-0.05, 0) is 40.5 Å². The van der Waals surface area contributed by atoms with Crippen molar-refractivity contribution in [1.82, 2.24) is 0 Å². The number of aldehydes is 1. The summed E-state index contributed by atoms with van der Waals surface area (Å²) >= 11 is 1.43. The SMILES string of the molecule is CC(C)c1cc(-c2ccsc2C=O)c(OCCCF)c(C(C)C)c1. The largest absolute Gasteiger partial charge is 0.493 e. The summed E-state index contributed by atoms with van der Waals surface area (Å²) in [5, 5.41) is 1.92. The Morgan fingerprint density at radius 3 is 2.50 bits per heavy atom. The minimum atomic E-state index is -0.394. The molecule has 0 saturated heterocycles. The standard InChI is InChI=1S/C20H25FO2S/c1-13(2)15-10-17(14(3)4)20(23-8-5-7-21)18(11-15)16-6-9-24-19(16)12-22/h6,9-14H,5,7-8H2,1-4H3. The average Bonchev–Trinajstić information content (AvgIpc) is 3.02. The smallest absolute Gasteiger partial charge is 0.160 e. The maximum absolute atomic E-state index is 12.5. The molecule has 0 N–H and O–H groups in total. The monoisotopic (exact) mass is 348 g/mol. The molecule has 0 bridgehead atoms. The number of thiophene rings is 1. The Morgan fingerprint density at radius 1 is 1.17 bits per heavy atom. The summed E-state index contributed by atoms with van der Waals surface area (Å²) in [7, 11) is 0. The molecule has 0 aliphatic heterocycles. The number of halogens is 1. The van der Waals surface area contributed by atoms with Crippen molar-refractivity contribution < 1.29 is 13.9 Å². The normalized spacial score (nSPS) is 11.3. The zero-order chi connectivity index (χ0) is 17.7. The van der Waals surface area contributed by atoms with Gasteiger partial charge in [0, 0.05) is 17.5 Å². The molecule has 0 fully saturated rings. The second-order valence-corrected chi connectivity index (χ2v) is 7.45. The van der Waals surface area contributed by atoms with Gasteiger partial charge in [0.2, 0.25) is 0 Å². The summed E-state index contributed by atoms with van der Waals surface area (Å²) in [5.74, 6) is 1.44. The van der Waals surface area contributed by atoms with E-state index < -0.39 is 6.67 Å². The number of rotatable bonds is 8. The molecule has 2 aromatic rings. The highest BCUT2D eigenvalue weighted by atomic mass is 32.1. The molecule has 130 valence electrons. The van der Waals surface area contributed by atoms with Crippen molar-refractivity contribution in [2.75, 3.05) is 13.3 Å². The Labute approximate surface area is 147 Å². The first kappa shape index (κ1) is 18.7. The van der Waals surface area contributed by atoms with Crippen molar-refractivity contribution in [2.45, 2.75) is 46.0 Å². The minimum absolute atomic E-state index is 0.279. The molecule has 0 radical (unpaired) electrons. The van der Waals surface area contributed by atoms with Crippen LogP contribution in [0, 0.1) is 0 Å². The van der Waals surface area contributed by atoms with E-state index in [9.17, 15) is 9.18 Å². The van der Waals surface area contributed by atoms with Gasteiger partial charge in [0.15, 0.2) is 6.29 Å². The number of carbonyl (C=O) groups is 1. The predicted molar refractivity (Wildman–Crippen MR) is 99.4 cm³/mol. The predicted octanol–water partition coefficient (Wildman–Crippen LogP) is 6.21. The van der Waals surface area contributed by atoms with Crippen molar-refractivity contribution in [1.29, 1.82) is 0 Å². The molecular formula is C20H25FO2S. The van der Waals surface area contributed by atoms with Crippen molar-refractivity contribution in [3.63, 3.8) is 0 Å². The molecule has 24 heavy (non-hydrogen) atoms. The van der Waals surface area contributed by atoms with Gasteiger partial charge in [-0.25, -0.2) is 0 Å². The molecule has 1 heterocycles. The van der Waals surface area contributed by atoms with E-state index in [1.165, 1.54) is 16.9 Å². The van der Waals surface area contributed by atoms with Crippen LogP contribution < -0.4 is 4.74 Å². The molecule has 0 unspecified atom stereocenters. The highest BCUT2D eigenvalue weighted by Gasteiger charge is 2.20. The van der Waals surface area contributed by atoms with E-state index in [0.717, 1.165) is 28.7 Å². The highest BCUT2D eigenvalue weighted by molar-refractivity contribution is 7.12. The molecule has 0 aliphatic carbocycles. The average molecular weight is 348 g/mol. The van der Waals surface area contributed by atoms with E-state index in [0.29, 0.717) is 23.8 Å². The highest BCUT2D eigenvalue weighted by Crippen LogP contribution is 2.41. The van der Waals surface area contributed by atoms with Gasteiger partial charge in [-0.3, -0.25) is 9.18 Å². The fraction of sp³-hybridized carbons (Fsp3) is 0.450. The minimum Gasteiger partial charge on any atom is -0.493 e. The van der Waals surface area contributed by atoms with Gasteiger partial charge in [0.1, 0.15) is 5.75 Å². The van der Waals surface area contributed by atoms with E-state index in [4.69, 9.17) is 4.74 Å². The fourth-order valence-corrected chi connectivity index (χ4v) is 3.37. The Balaban J connectivity index is 2.65. The number of carbonyl (C=O) groups excluding carboxylic acids is 1. The summed E-state index contributed by atoms with van der Waals surface area (Å²) in [5.41, 5.74) is 4.16. The number of hydrogen-bond acceptors (Lipinski definition) is 3. The first-order valence-corrected chi connectivity index (χ1v) is 9.27. The topological polar surface area (TPSA) is 26.3 Å². The van der Waals surface area contributed by atoms with Gasteiger partial charge in [-0.2, -0.15) is 0 Å². The molecule has 0 aliphatic rings. The van der Waals surface area contributed by atoms with Crippen LogP contribution in [0.15, 0.2) is 23.6 Å². The summed E-state index contributed by atoms with van der Waals surface area (Å²) in [4.78, 5) is 12.1. The molecule has 0 atom stereocenters. The van der Waals surface area contributed by atoms with Crippen molar-refractivity contribution in [3.05, 3.63) is 39.6 Å². The number of hydrogen-bond donors (Lipinski definition) is 0. The Bertz CT molecular complexity index is 689.